The second kappa shape index (κ2) is 5.99. The van der Waals surface area contributed by atoms with E-state index in [1.165, 1.54) is 11.7 Å². The molecule has 0 saturated carbocycles. The van der Waals surface area contributed by atoms with E-state index in [0.717, 1.165) is 10.2 Å². The Hall–Kier alpha value is -2.42. The molecule has 2 heterocycles. The summed E-state index contributed by atoms with van der Waals surface area (Å²) < 4.78 is 17.9. The highest BCUT2D eigenvalue weighted by molar-refractivity contribution is 9.10. The molecule has 3 rings (SSSR count). The van der Waals surface area contributed by atoms with Crippen LogP contribution in [0.1, 0.15) is 12.5 Å². The van der Waals surface area contributed by atoms with E-state index in [1.54, 1.807) is 29.9 Å². The Labute approximate surface area is 141 Å². The monoisotopic (exact) mass is 380 g/mol. The van der Waals surface area contributed by atoms with Gasteiger partial charge < -0.3 is 4.74 Å². The van der Waals surface area contributed by atoms with Gasteiger partial charge in [-0.1, -0.05) is 18.2 Å². The quantitative estimate of drug-likeness (QED) is 0.682. The average Bonchev–Trinajstić information content (AvgIpc) is 2.98. The van der Waals surface area contributed by atoms with Crippen molar-refractivity contribution in [3.05, 3.63) is 50.5 Å². The lowest BCUT2D eigenvalue weighted by atomic mass is 10.2. The highest BCUT2D eigenvalue weighted by Crippen LogP contribution is 2.24. The first-order chi connectivity index (χ1) is 11.4. The molecule has 0 amide bonds. The highest BCUT2D eigenvalue weighted by Gasteiger charge is 2.20. The van der Waals surface area contributed by atoms with Crippen LogP contribution in [0.4, 0.5) is 0 Å². The first-order valence-electron chi connectivity index (χ1n) is 7.29. The molecule has 23 heavy (non-hydrogen) atoms. The smallest absolute Gasteiger partial charge is 0.369 e. The third-order valence-electron chi connectivity index (χ3n) is 3.38. The zero-order chi connectivity index (χ0) is 17.4. The molecule has 9 heteroatoms. The van der Waals surface area contributed by atoms with Gasteiger partial charge in [-0.25, -0.2) is 9.48 Å². The second-order valence-electron chi connectivity index (χ2n) is 4.99. The molecule has 0 atom stereocenters. The number of aryl methyl sites for hydroxylation is 3. The lowest BCUT2D eigenvalue weighted by Gasteiger charge is -2.09. The van der Waals surface area contributed by atoms with E-state index >= 15 is 0 Å². The Kier molecular flexibility index (Phi) is 3.70. The number of tetrazole rings is 1. The molecule has 0 radical (unpaired) electrons. The Bertz CT molecular complexity index is 961. The van der Waals surface area contributed by atoms with Crippen LogP contribution >= 0.6 is 15.9 Å². The molecule has 0 N–H and O–H groups in total. The average molecular weight is 381 g/mol. The van der Waals surface area contributed by atoms with Gasteiger partial charge in [0, 0.05) is 14.1 Å². The molecular weight excluding hydrogens is 364 g/mol. The fourth-order valence-corrected chi connectivity index (χ4v) is 2.70. The Morgan fingerprint density at radius 3 is 2.74 bits per heavy atom. The second-order valence-corrected chi connectivity index (χ2v) is 5.74. The minimum Gasteiger partial charge on any atom is -0.488 e. The van der Waals surface area contributed by atoms with Crippen molar-refractivity contribution in [2.75, 3.05) is 0 Å². The number of aromatic nitrogens is 6. The predicted molar refractivity (Wildman–Crippen MR) is 86.6 cm³/mol. The maximum absolute atomic E-state index is 12.1. The zero-order valence-electron chi connectivity index (χ0n) is 13.8. The van der Waals surface area contributed by atoms with E-state index < -0.39 is 0 Å². The summed E-state index contributed by atoms with van der Waals surface area (Å²) >= 11 is 3.39. The predicted octanol–water partition coefficient (Wildman–Crippen LogP) is 1.35. The van der Waals surface area contributed by atoms with Gasteiger partial charge in [0.15, 0.2) is 5.82 Å². The summed E-state index contributed by atoms with van der Waals surface area (Å²) in [4.78, 5) is 12.1. The molecule has 0 aliphatic carbocycles. The topological polar surface area (TPSA) is 79.8 Å². The molecule has 0 bridgehead atoms. The third-order valence-corrected chi connectivity index (χ3v) is 4.01. The van der Waals surface area contributed by atoms with Crippen molar-refractivity contribution in [1.82, 2.24) is 29.6 Å². The van der Waals surface area contributed by atoms with Crippen LogP contribution in [0, 0.1) is 6.92 Å². The summed E-state index contributed by atoms with van der Waals surface area (Å²) in [6.07, 6.45) is 0. The van der Waals surface area contributed by atoms with Gasteiger partial charge in [0.1, 0.15) is 17.0 Å². The van der Waals surface area contributed by atoms with Gasteiger partial charge in [-0.2, -0.15) is 9.78 Å². The lowest BCUT2D eigenvalue weighted by Crippen LogP contribution is -2.24. The fraction of sp³-hybridized carbons (Fsp3) is 0.286. The minimum atomic E-state index is -0.374. The summed E-state index contributed by atoms with van der Waals surface area (Å²) in [5.74, 6) is 1.15. The number of benzene rings is 1. The number of para-hydroxylation sites is 1. The van der Waals surface area contributed by atoms with Gasteiger partial charge in [0.2, 0.25) is 0 Å². The van der Waals surface area contributed by atoms with Crippen LogP contribution in [0.5, 0.6) is 5.75 Å². The summed E-state index contributed by atoms with van der Waals surface area (Å²) in [6.45, 7) is 2.06. The lowest BCUT2D eigenvalue weighted by molar-refractivity contribution is 0.302. The number of hydrogen-bond donors (Lipinski definition) is 0. The number of ether oxygens (including phenoxy) is 1. The van der Waals surface area contributed by atoms with E-state index in [9.17, 15) is 4.79 Å². The minimum absolute atomic E-state index is 0.185. The van der Waals surface area contributed by atoms with E-state index in [2.05, 4.69) is 31.5 Å². The number of rotatable bonds is 4. The van der Waals surface area contributed by atoms with Crippen molar-refractivity contribution in [3.63, 3.8) is 0 Å². The summed E-state index contributed by atoms with van der Waals surface area (Å²) in [6, 6.07) is 5.56. The Morgan fingerprint density at radius 1 is 1.30 bits per heavy atom. The molecule has 0 fully saturated rings. The van der Waals surface area contributed by atoms with Crippen molar-refractivity contribution >= 4 is 15.9 Å². The van der Waals surface area contributed by atoms with Crippen molar-refractivity contribution in [2.45, 2.75) is 13.5 Å². The molecule has 0 aliphatic heterocycles. The largest absolute Gasteiger partial charge is 0.488 e. The fourth-order valence-electron chi connectivity index (χ4n) is 2.17. The van der Waals surface area contributed by atoms with Crippen molar-refractivity contribution in [1.29, 1.82) is 0 Å². The highest BCUT2D eigenvalue weighted by atomic mass is 79.9. The van der Waals surface area contributed by atoms with E-state index in [0.29, 0.717) is 27.8 Å². The molecule has 2 aromatic heterocycles. The number of halogens is 1. The number of hydrogen-bond acceptors (Lipinski definition) is 5. The van der Waals surface area contributed by atoms with Crippen LogP contribution in [0.25, 0.3) is 5.82 Å². The normalized spacial score (nSPS) is 11.6. The molecule has 120 valence electrons. The van der Waals surface area contributed by atoms with Crippen LogP contribution in [0.2, 0.25) is 0 Å². The Balaban J connectivity index is 1.97. The molecule has 0 unspecified atom stereocenters. The van der Waals surface area contributed by atoms with E-state index in [1.807, 2.05) is 6.92 Å². The van der Waals surface area contributed by atoms with Gasteiger partial charge >= 0.3 is 5.69 Å². The molecule has 1 aromatic carbocycles. The van der Waals surface area contributed by atoms with Crippen molar-refractivity contribution in [2.24, 2.45) is 14.1 Å². The first-order valence-corrected chi connectivity index (χ1v) is 7.58. The molecule has 0 saturated heterocycles. The van der Waals surface area contributed by atoms with Gasteiger partial charge in [0.05, 0.1) is 6.93 Å². The van der Waals surface area contributed by atoms with Gasteiger partial charge in [0.25, 0.3) is 0 Å². The van der Waals surface area contributed by atoms with Crippen molar-refractivity contribution in [3.8, 4) is 11.6 Å². The van der Waals surface area contributed by atoms with Crippen LogP contribution in [-0.2, 0) is 20.7 Å². The van der Waals surface area contributed by atoms with Crippen LogP contribution < -0.4 is 10.4 Å². The van der Waals surface area contributed by atoms with Gasteiger partial charge in [-0.15, -0.1) is 4.68 Å². The number of nitrogens with zero attached hydrogens (tertiary/aromatic N) is 6. The van der Waals surface area contributed by atoms with Crippen LogP contribution in [0.3, 0.4) is 0 Å². The standard InChI is InChI=1S/C14H15BrN6O2/c1-9-6-4-5-7-11(9)23-8-10-12(15)16-19(2)13(10)21-14(22)20(3)17-18-21/h4-7H,8H2,1-3H3/i4T. The van der Waals surface area contributed by atoms with E-state index in [4.69, 9.17) is 6.11 Å². The molecule has 0 spiro atoms. The molecule has 8 nitrogen and oxygen atoms in total. The van der Waals surface area contributed by atoms with Gasteiger partial charge in [-0.05, 0) is 44.9 Å². The van der Waals surface area contributed by atoms with Crippen LogP contribution in [0.15, 0.2) is 33.6 Å². The summed E-state index contributed by atoms with van der Waals surface area (Å²) in [5.41, 5.74) is 1.16. The maximum Gasteiger partial charge on any atom is 0.369 e. The van der Waals surface area contributed by atoms with E-state index in [-0.39, 0.29) is 12.3 Å². The first kappa shape index (κ1) is 14.2. The molecular formula is C14H15BrN6O2. The third kappa shape index (κ3) is 2.79. The Morgan fingerprint density at radius 2 is 2.09 bits per heavy atom. The maximum atomic E-state index is 12.1. The summed E-state index contributed by atoms with van der Waals surface area (Å²) in [5, 5.41) is 11.9. The van der Waals surface area contributed by atoms with Gasteiger partial charge in [-0.3, -0.25) is 0 Å². The van der Waals surface area contributed by atoms with Crippen molar-refractivity contribution < 1.29 is 6.11 Å². The van der Waals surface area contributed by atoms with Crippen LogP contribution in [-0.4, -0.2) is 29.6 Å². The molecule has 3 aromatic rings. The molecule has 0 aliphatic rings. The summed E-state index contributed by atoms with van der Waals surface area (Å²) in [7, 11) is 3.24. The SMILES string of the molecule is [3H]c1ccc(OCc2c(Br)nn(C)c2-n2nnn(C)c2=O)c(C)c1. The zero-order valence-corrected chi connectivity index (χ0v) is 14.4.